The predicted molar refractivity (Wildman–Crippen MR) is 131 cm³/mol. The first-order valence-electron chi connectivity index (χ1n) is 13.0. The van der Waals surface area contributed by atoms with Gasteiger partial charge in [-0.15, -0.1) is 0 Å². The van der Waals surface area contributed by atoms with Crippen LogP contribution < -0.4 is 9.47 Å². The lowest BCUT2D eigenvalue weighted by molar-refractivity contribution is -0.150. The molecule has 8 heteroatoms. The Balaban J connectivity index is 1.27. The first-order valence-corrected chi connectivity index (χ1v) is 14.7. The summed E-state index contributed by atoms with van der Waals surface area (Å²) < 4.78 is 42.4. The van der Waals surface area contributed by atoms with Crippen molar-refractivity contribution in [1.82, 2.24) is 4.90 Å². The molecule has 190 valence electrons. The van der Waals surface area contributed by atoms with Crippen molar-refractivity contribution in [2.24, 2.45) is 0 Å². The van der Waals surface area contributed by atoms with Crippen LogP contribution in [0, 0.1) is 0 Å². The lowest BCUT2D eigenvalue weighted by atomic mass is 10.0. The van der Waals surface area contributed by atoms with Crippen LogP contribution in [0.5, 0.6) is 11.5 Å². The molecular formula is C26H39NO6S. The Morgan fingerprint density at radius 2 is 1.74 bits per heavy atom. The average molecular weight is 494 g/mol. The monoisotopic (exact) mass is 493 g/mol. The molecule has 0 bridgehead atoms. The number of nitrogens with zero attached hydrogens (tertiary/aromatic N) is 1. The highest BCUT2D eigenvalue weighted by molar-refractivity contribution is 7.92. The van der Waals surface area contributed by atoms with E-state index in [0.29, 0.717) is 32.5 Å². The minimum absolute atomic E-state index is 0.177. The number of likely N-dealkylation sites (tertiary alicyclic amines) is 1. The maximum Gasteiger partial charge on any atom is 0.306 e. The van der Waals surface area contributed by atoms with Gasteiger partial charge in [-0.05, 0) is 69.3 Å². The molecule has 1 saturated carbocycles. The van der Waals surface area contributed by atoms with E-state index < -0.39 is 9.84 Å². The first-order chi connectivity index (χ1) is 16.5. The quantitative estimate of drug-likeness (QED) is 0.341. The number of hydrogen-bond donors (Lipinski definition) is 0. The smallest absolute Gasteiger partial charge is 0.306 e. The lowest BCUT2D eigenvalue weighted by Crippen LogP contribution is -2.35. The lowest BCUT2D eigenvalue weighted by Gasteiger charge is -2.25. The van der Waals surface area contributed by atoms with Gasteiger partial charge in [0.2, 0.25) is 0 Å². The van der Waals surface area contributed by atoms with Crippen LogP contribution >= 0.6 is 0 Å². The predicted octanol–water partition coefficient (Wildman–Crippen LogP) is 3.93. The Labute approximate surface area is 204 Å². The fourth-order valence-corrected chi connectivity index (χ4v) is 7.27. The van der Waals surface area contributed by atoms with Gasteiger partial charge in [0.15, 0.2) is 21.3 Å². The van der Waals surface area contributed by atoms with E-state index in [1.807, 2.05) is 18.2 Å². The van der Waals surface area contributed by atoms with Gasteiger partial charge in [-0.25, -0.2) is 8.42 Å². The van der Waals surface area contributed by atoms with E-state index in [-0.39, 0.29) is 29.5 Å². The van der Waals surface area contributed by atoms with E-state index in [1.54, 1.807) is 0 Å². The molecule has 0 unspecified atom stereocenters. The van der Waals surface area contributed by atoms with Crippen molar-refractivity contribution in [3.8, 4) is 11.5 Å². The Hall–Kier alpha value is -1.80. The van der Waals surface area contributed by atoms with Gasteiger partial charge in [-0.2, -0.15) is 0 Å². The molecule has 34 heavy (non-hydrogen) atoms. The van der Waals surface area contributed by atoms with E-state index >= 15 is 0 Å². The zero-order valence-electron chi connectivity index (χ0n) is 20.2. The Morgan fingerprint density at radius 1 is 1.00 bits per heavy atom. The number of rotatable bonds is 11. The summed E-state index contributed by atoms with van der Waals surface area (Å²) in [5.74, 6) is 1.44. The second-order valence-electron chi connectivity index (χ2n) is 9.89. The second kappa shape index (κ2) is 12.2. The Kier molecular flexibility index (Phi) is 9.11. The molecule has 1 aromatic rings. The summed E-state index contributed by atoms with van der Waals surface area (Å²) in [5, 5.41) is -0.177. The highest BCUT2D eigenvalue weighted by Crippen LogP contribution is 2.31. The van der Waals surface area contributed by atoms with Crippen LogP contribution in [0.4, 0.5) is 0 Å². The number of benzene rings is 1. The van der Waals surface area contributed by atoms with Gasteiger partial charge >= 0.3 is 5.97 Å². The molecule has 1 saturated heterocycles. The fraction of sp³-hybridized carbons (Fsp3) is 0.731. The zero-order chi connectivity index (χ0) is 23.8. The second-order valence-corrected chi connectivity index (χ2v) is 12.3. The summed E-state index contributed by atoms with van der Waals surface area (Å²) in [4.78, 5) is 15.0. The third kappa shape index (κ3) is 7.35. The van der Waals surface area contributed by atoms with Crippen LogP contribution in [0.3, 0.4) is 0 Å². The zero-order valence-corrected chi connectivity index (χ0v) is 21.0. The summed E-state index contributed by atoms with van der Waals surface area (Å²) in [7, 11) is -3.05. The number of unbranched alkanes of at least 4 members (excludes halogenated alkanes) is 1. The Bertz CT molecular complexity index is 906. The number of esters is 1. The molecule has 0 radical (unpaired) electrons. The van der Waals surface area contributed by atoms with Gasteiger partial charge in [0, 0.05) is 19.4 Å². The van der Waals surface area contributed by atoms with Gasteiger partial charge in [0.05, 0.1) is 11.0 Å². The fourth-order valence-electron chi connectivity index (χ4n) is 5.28. The van der Waals surface area contributed by atoms with Crippen molar-refractivity contribution in [2.45, 2.75) is 82.0 Å². The third-order valence-corrected chi connectivity index (χ3v) is 9.49. The molecule has 3 aliphatic rings. The maximum absolute atomic E-state index is 12.6. The van der Waals surface area contributed by atoms with Crippen LogP contribution in [0.25, 0.3) is 0 Å². The highest BCUT2D eigenvalue weighted by atomic mass is 32.2. The highest BCUT2D eigenvalue weighted by Gasteiger charge is 2.27. The van der Waals surface area contributed by atoms with E-state index in [2.05, 4.69) is 4.90 Å². The van der Waals surface area contributed by atoms with Gasteiger partial charge in [0.25, 0.3) is 0 Å². The van der Waals surface area contributed by atoms with Crippen molar-refractivity contribution in [1.29, 1.82) is 0 Å². The summed E-state index contributed by atoms with van der Waals surface area (Å²) in [5.41, 5.74) is 1.06. The number of carbonyl (C=O) groups excluding carboxylic acids is 1. The number of fused-ring (bicyclic) bond motifs is 1. The molecule has 1 aliphatic carbocycles. The molecule has 0 amide bonds. The number of carbonyl (C=O) groups is 1. The van der Waals surface area contributed by atoms with Gasteiger partial charge in [-0.3, -0.25) is 9.69 Å². The molecular weight excluding hydrogens is 454 g/mol. The summed E-state index contributed by atoms with van der Waals surface area (Å²) in [6.07, 6.45) is 8.83. The first kappa shape index (κ1) is 25.3. The molecule has 0 aromatic heterocycles. The SMILES string of the molecule is O=C(CCCCS(=O)(=O)C1CCCCC1)O[C@@H](Cc1ccc2c(c1)OCCO2)CN1CCCC1. The summed E-state index contributed by atoms with van der Waals surface area (Å²) in [6, 6.07) is 5.91. The van der Waals surface area contributed by atoms with Crippen LogP contribution in [0.2, 0.25) is 0 Å². The molecule has 7 nitrogen and oxygen atoms in total. The molecule has 4 rings (SSSR count). The van der Waals surface area contributed by atoms with Crippen LogP contribution in [-0.4, -0.2) is 69.2 Å². The van der Waals surface area contributed by atoms with Crippen molar-refractivity contribution in [3.63, 3.8) is 0 Å². The minimum Gasteiger partial charge on any atom is -0.486 e. The van der Waals surface area contributed by atoms with Crippen molar-refractivity contribution in [2.75, 3.05) is 38.6 Å². The van der Waals surface area contributed by atoms with E-state index in [9.17, 15) is 13.2 Å². The minimum atomic E-state index is -3.05. The number of hydrogen-bond acceptors (Lipinski definition) is 7. The van der Waals surface area contributed by atoms with Gasteiger partial charge in [0.1, 0.15) is 19.3 Å². The van der Waals surface area contributed by atoms with E-state index in [1.165, 1.54) is 12.8 Å². The van der Waals surface area contributed by atoms with Gasteiger partial charge in [-0.1, -0.05) is 25.3 Å². The summed E-state index contributed by atoms with van der Waals surface area (Å²) in [6.45, 7) is 3.89. The third-order valence-electron chi connectivity index (χ3n) is 7.15. The van der Waals surface area contributed by atoms with Crippen molar-refractivity contribution in [3.05, 3.63) is 23.8 Å². The standard InChI is InChI=1S/C26H39NO6S/c28-26(10-4-7-17-34(29,30)23-8-2-1-3-9-23)33-22(20-27-13-5-6-14-27)18-21-11-12-24-25(19-21)32-16-15-31-24/h11-12,19,22-23H,1-10,13-18,20H2/t22-/m0/s1. The van der Waals surface area contributed by atoms with Crippen LogP contribution in [0.15, 0.2) is 18.2 Å². The van der Waals surface area contributed by atoms with Crippen LogP contribution in [0.1, 0.15) is 69.8 Å². The van der Waals surface area contributed by atoms with Crippen molar-refractivity contribution >= 4 is 15.8 Å². The molecule has 2 aliphatic heterocycles. The summed E-state index contributed by atoms with van der Waals surface area (Å²) >= 11 is 0. The van der Waals surface area contributed by atoms with Crippen molar-refractivity contribution < 1.29 is 27.4 Å². The van der Waals surface area contributed by atoms with Crippen LogP contribution in [-0.2, 0) is 25.8 Å². The number of sulfone groups is 1. The largest absolute Gasteiger partial charge is 0.486 e. The Morgan fingerprint density at radius 3 is 2.50 bits per heavy atom. The van der Waals surface area contributed by atoms with Gasteiger partial charge < -0.3 is 14.2 Å². The molecule has 0 N–H and O–H groups in total. The molecule has 1 aromatic carbocycles. The normalized spacial score (nSPS) is 20.2. The topological polar surface area (TPSA) is 82.1 Å². The molecule has 1 atom stereocenters. The molecule has 2 heterocycles. The molecule has 2 fully saturated rings. The average Bonchev–Trinajstić information content (AvgIpc) is 3.35. The number of ether oxygens (including phenoxy) is 3. The van der Waals surface area contributed by atoms with E-state index in [4.69, 9.17) is 14.2 Å². The molecule has 0 spiro atoms. The van der Waals surface area contributed by atoms with E-state index in [0.717, 1.165) is 68.8 Å². The maximum atomic E-state index is 12.6.